The maximum Gasteiger partial charge on any atom is 0.244 e. The van der Waals surface area contributed by atoms with Gasteiger partial charge in [-0.05, 0) is 23.8 Å². The summed E-state index contributed by atoms with van der Waals surface area (Å²) >= 11 is 0. The Labute approximate surface area is 110 Å². The van der Waals surface area contributed by atoms with Crippen LogP contribution >= 0.6 is 0 Å². The Kier molecular flexibility index (Phi) is 4.44. The van der Waals surface area contributed by atoms with Crippen molar-refractivity contribution in [3.05, 3.63) is 59.9 Å². The van der Waals surface area contributed by atoms with Gasteiger partial charge < -0.3 is 10.3 Å². The molecule has 0 atom stereocenters. The second kappa shape index (κ2) is 6.49. The van der Waals surface area contributed by atoms with Gasteiger partial charge >= 0.3 is 0 Å². The van der Waals surface area contributed by atoms with Crippen LogP contribution in [0.2, 0.25) is 0 Å². The summed E-state index contributed by atoms with van der Waals surface area (Å²) in [6.45, 7) is 0.522. The third kappa shape index (κ3) is 4.39. The maximum atomic E-state index is 12.9. The Morgan fingerprint density at radius 2 is 2.37 bits per heavy atom. The molecule has 0 fully saturated rings. The Morgan fingerprint density at radius 1 is 1.47 bits per heavy atom. The molecule has 2 N–H and O–H groups in total. The molecule has 0 unspecified atom stereocenters. The fourth-order valence-electron chi connectivity index (χ4n) is 1.58. The number of H-pyrrole nitrogens is 1. The van der Waals surface area contributed by atoms with Crippen molar-refractivity contribution in [2.45, 2.75) is 6.42 Å². The molecular weight excluding hydrogens is 245 g/mol. The van der Waals surface area contributed by atoms with E-state index in [0.29, 0.717) is 18.5 Å². The number of halogens is 1. The van der Waals surface area contributed by atoms with Crippen molar-refractivity contribution in [2.75, 3.05) is 6.54 Å². The molecule has 1 aromatic carbocycles. The second-order valence-electron chi connectivity index (χ2n) is 4.01. The zero-order valence-corrected chi connectivity index (χ0v) is 10.3. The number of hydrogen-bond donors (Lipinski definition) is 2. The van der Waals surface area contributed by atoms with Crippen LogP contribution in [0.4, 0.5) is 4.39 Å². The second-order valence-corrected chi connectivity index (χ2v) is 4.01. The minimum absolute atomic E-state index is 0.205. The van der Waals surface area contributed by atoms with Crippen LogP contribution in [-0.2, 0) is 11.2 Å². The van der Waals surface area contributed by atoms with E-state index in [4.69, 9.17) is 0 Å². The van der Waals surface area contributed by atoms with Gasteiger partial charge in [-0.25, -0.2) is 9.37 Å². The molecule has 1 aromatic heterocycles. The molecule has 19 heavy (non-hydrogen) atoms. The lowest BCUT2D eigenvalue weighted by Gasteiger charge is -2.00. The highest BCUT2D eigenvalue weighted by Gasteiger charge is 1.97. The van der Waals surface area contributed by atoms with Crippen molar-refractivity contribution in [2.24, 2.45) is 0 Å². The first-order valence-corrected chi connectivity index (χ1v) is 5.93. The van der Waals surface area contributed by atoms with E-state index in [9.17, 15) is 9.18 Å². The van der Waals surface area contributed by atoms with E-state index in [1.54, 1.807) is 30.7 Å². The number of aromatic nitrogens is 2. The van der Waals surface area contributed by atoms with E-state index in [0.717, 1.165) is 5.69 Å². The Bertz CT molecular complexity index is 564. The summed E-state index contributed by atoms with van der Waals surface area (Å²) in [6.07, 6.45) is 6.98. The van der Waals surface area contributed by atoms with E-state index in [2.05, 4.69) is 15.3 Å². The van der Waals surface area contributed by atoms with Gasteiger partial charge in [-0.1, -0.05) is 12.1 Å². The van der Waals surface area contributed by atoms with Crippen molar-refractivity contribution >= 4 is 12.0 Å². The zero-order valence-electron chi connectivity index (χ0n) is 10.3. The van der Waals surface area contributed by atoms with Crippen LogP contribution < -0.4 is 5.32 Å². The fourth-order valence-corrected chi connectivity index (χ4v) is 1.58. The molecule has 0 aliphatic heterocycles. The number of nitrogens with zero attached hydrogens (tertiary/aromatic N) is 1. The van der Waals surface area contributed by atoms with Crippen LogP contribution in [0.5, 0.6) is 0 Å². The van der Waals surface area contributed by atoms with Crippen LogP contribution in [0.1, 0.15) is 11.3 Å². The summed E-state index contributed by atoms with van der Waals surface area (Å²) in [6, 6.07) is 6.07. The van der Waals surface area contributed by atoms with Crippen LogP contribution in [-0.4, -0.2) is 22.4 Å². The third-order valence-electron chi connectivity index (χ3n) is 2.52. The summed E-state index contributed by atoms with van der Waals surface area (Å²) in [7, 11) is 0. The Hall–Kier alpha value is -2.43. The first kappa shape index (κ1) is 13.0. The van der Waals surface area contributed by atoms with Crippen molar-refractivity contribution in [3.8, 4) is 0 Å². The fraction of sp³-hybridized carbons (Fsp3) is 0.143. The first-order chi connectivity index (χ1) is 9.24. The van der Waals surface area contributed by atoms with Crippen LogP contribution in [0.3, 0.4) is 0 Å². The minimum Gasteiger partial charge on any atom is -0.352 e. The lowest BCUT2D eigenvalue weighted by molar-refractivity contribution is -0.116. The molecule has 2 aromatic rings. The van der Waals surface area contributed by atoms with Gasteiger partial charge in [-0.15, -0.1) is 0 Å². The Morgan fingerprint density at radius 3 is 3.11 bits per heavy atom. The molecule has 0 saturated heterocycles. The number of amides is 1. The molecule has 0 aliphatic rings. The number of imidazole rings is 1. The molecular formula is C14H14FN3O. The summed E-state index contributed by atoms with van der Waals surface area (Å²) in [5, 5.41) is 2.74. The minimum atomic E-state index is -0.318. The number of aromatic amines is 1. The highest BCUT2D eigenvalue weighted by molar-refractivity contribution is 5.91. The van der Waals surface area contributed by atoms with E-state index < -0.39 is 0 Å². The number of rotatable bonds is 5. The van der Waals surface area contributed by atoms with Gasteiger partial charge in [-0.3, -0.25) is 4.79 Å². The van der Waals surface area contributed by atoms with Gasteiger partial charge in [-0.2, -0.15) is 0 Å². The average Bonchev–Trinajstić information content (AvgIpc) is 2.90. The monoisotopic (exact) mass is 259 g/mol. The third-order valence-corrected chi connectivity index (χ3v) is 2.52. The normalized spacial score (nSPS) is 10.8. The summed E-state index contributed by atoms with van der Waals surface area (Å²) < 4.78 is 12.9. The highest BCUT2D eigenvalue weighted by Crippen LogP contribution is 2.04. The van der Waals surface area contributed by atoms with E-state index >= 15 is 0 Å². The van der Waals surface area contributed by atoms with Crippen molar-refractivity contribution in [1.29, 1.82) is 0 Å². The van der Waals surface area contributed by atoms with E-state index in [1.165, 1.54) is 18.2 Å². The van der Waals surface area contributed by atoms with E-state index in [-0.39, 0.29) is 11.7 Å². The number of benzene rings is 1. The summed E-state index contributed by atoms with van der Waals surface area (Å²) in [4.78, 5) is 18.4. The average molecular weight is 259 g/mol. The molecule has 1 heterocycles. The van der Waals surface area contributed by atoms with Gasteiger partial charge in [0.25, 0.3) is 0 Å². The molecule has 0 aliphatic carbocycles. The molecule has 2 rings (SSSR count). The molecule has 1 amide bonds. The zero-order chi connectivity index (χ0) is 13.5. The summed E-state index contributed by atoms with van der Waals surface area (Å²) in [5.41, 5.74) is 1.62. The summed E-state index contributed by atoms with van der Waals surface area (Å²) in [5.74, 6) is -0.523. The Balaban J connectivity index is 1.78. The van der Waals surface area contributed by atoms with Gasteiger partial charge in [0.2, 0.25) is 5.91 Å². The first-order valence-electron chi connectivity index (χ1n) is 5.93. The molecule has 98 valence electrons. The topological polar surface area (TPSA) is 57.8 Å². The van der Waals surface area contributed by atoms with Gasteiger partial charge in [0, 0.05) is 30.9 Å². The van der Waals surface area contributed by atoms with Gasteiger partial charge in [0.05, 0.1) is 6.33 Å². The molecule has 4 nitrogen and oxygen atoms in total. The number of carbonyl (C=O) groups is 1. The smallest absolute Gasteiger partial charge is 0.244 e. The molecule has 0 bridgehead atoms. The van der Waals surface area contributed by atoms with Crippen LogP contribution in [0.15, 0.2) is 42.9 Å². The SMILES string of the molecule is O=C(C=Cc1cccc(F)c1)NCCc1cnc[nH]1. The molecule has 0 spiro atoms. The lowest BCUT2D eigenvalue weighted by Crippen LogP contribution is -2.23. The van der Waals surface area contributed by atoms with Gasteiger partial charge in [0.1, 0.15) is 5.82 Å². The molecule has 0 radical (unpaired) electrons. The lowest BCUT2D eigenvalue weighted by atomic mass is 10.2. The number of hydrogen-bond acceptors (Lipinski definition) is 2. The van der Waals surface area contributed by atoms with Crippen LogP contribution in [0.25, 0.3) is 6.08 Å². The predicted octanol–water partition coefficient (Wildman–Crippen LogP) is 1.92. The van der Waals surface area contributed by atoms with Crippen molar-refractivity contribution in [1.82, 2.24) is 15.3 Å². The standard InChI is InChI=1S/C14H14FN3O/c15-12-3-1-2-11(8-12)4-5-14(19)17-7-6-13-9-16-10-18-13/h1-5,8-10H,6-7H2,(H,16,18)(H,17,19). The van der Waals surface area contributed by atoms with E-state index in [1.807, 2.05) is 0 Å². The quantitative estimate of drug-likeness (QED) is 0.806. The number of carbonyl (C=O) groups excluding carboxylic acids is 1. The predicted molar refractivity (Wildman–Crippen MR) is 70.7 cm³/mol. The van der Waals surface area contributed by atoms with Gasteiger partial charge in [0.15, 0.2) is 0 Å². The maximum absolute atomic E-state index is 12.9. The highest BCUT2D eigenvalue weighted by atomic mass is 19.1. The van der Waals surface area contributed by atoms with Crippen molar-refractivity contribution < 1.29 is 9.18 Å². The largest absolute Gasteiger partial charge is 0.352 e. The molecule has 0 saturated carbocycles. The van der Waals surface area contributed by atoms with Crippen molar-refractivity contribution in [3.63, 3.8) is 0 Å². The van der Waals surface area contributed by atoms with Crippen LogP contribution in [0, 0.1) is 5.82 Å². The molecule has 5 heteroatoms. The number of nitrogens with one attached hydrogen (secondary N) is 2.